The number of nitrogens with two attached hydrogens (primary N) is 1. The van der Waals surface area contributed by atoms with Crippen molar-refractivity contribution in [1.29, 1.82) is 0 Å². The van der Waals surface area contributed by atoms with Gasteiger partial charge in [-0.3, -0.25) is 4.79 Å². The second-order valence-corrected chi connectivity index (χ2v) is 8.16. The first-order chi connectivity index (χ1) is 15.0. The maximum absolute atomic E-state index is 12.4. The van der Waals surface area contributed by atoms with Gasteiger partial charge in [-0.2, -0.15) is 4.99 Å². The van der Waals surface area contributed by atoms with Crippen molar-refractivity contribution in [3.63, 3.8) is 0 Å². The van der Waals surface area contributed by atoms with Crippen LogP contribution in [0.2, 0.25) is 0 Å². The molecule has 2 aromatic heterocycles. The van der Waals surface area contributed by atoms with Gasteiger partial charge in [0.25, 0.3) is 5.91 Å². The van der Waals surface area contributed by atoms with E-state index in [0.717, 1.165) is 37.4 Å². The third kappa shape index (κ3) is 4.27. The van der Waals surface area contributed by atoms with Gasteiger partial charge in [-0.05, 0) is 24.1 Å². The van der Waals surface area contributed by atoms with Gasteiger partial charge in [0, 0.05) is 38.3 Å². The minimum absolute atomic E-state index is 0.0874. The fraction of sp³-hybridized carbons (Fsp3) is 0.409. The summed E-state index contributed by atoms with van der Waals surface area (Å²) in [4.78, 5) is 23.8. The normalized spacial score (nSPS) is 19.2. The smallest absolute Gasteiger partial charge is 0.268 e. The molecule has 2 aliphatic heterocycles. The second kappa shape index (κ2) is 8.81. The Labute approximate surface area is 182 Å². The van der Waals surface area contributed by atoms with Crippen LogP contribution in [0.1, 0.15) is 35.9 Å². The van der Waals surface area contributed by atoms with E-state index in [-0.39, 0.29) is 17.9 Å². The van der Waals surface area contributed by atoms with E-state index in [0.29, 0.717) is 29.8 Å². The molecule has 0 aliphatic carbocycles. The van der Waals surface area contributed by atoms with E-state index in [1.165, 1.54) is 0 Å². The Morgan fingerprint density at radius 3 is 2.81 bits per heavy atom. The van der Waals surface area contributed by atoms with Crippen LogP contribution >= 0.6 is 0 Å². The standard InChI is InChI=1S/C22H30N8O/c1-4-15-11-17-21(31)26-13-18(14(2)3)30(17)20(15)28-22(23)27-19-6-5-16(12-25-19)29-9-7-24-8-10-29/h4-6,11-12,14,18,24H,1,7-10,13H2,2-3H3,(H,26,31)(H3,23,25,27,28)/t18-/m1/s1. The Balaban J connectivity index is 1.58. The van der Waals surface area contributed by atoms with E-state index in [1.807, 2.05) is 29.0 Å². The van der Waals surface area contributed by atoms with Crippen molar-refractivity contribution in [2.24, 2.45) is 16.6 Å². The highest BCUT2D eigenvalue weighted by atomic mass is 16.2. The van der Waals surface area contributed by atoms with Gasteiger partial charge in [0.05, 0.1) is 17.9 Å². The van der Waals surface area contributed by atoms with E-state index in [1.54, 1.807) is 6.08 Å². The van der Waals surface area contributed by atoms with Crippen LogP contribution in [0.15, 0.2) is 36.0 Å². The third-order valence-corrected chi connectivity index (χ3v) is 5.78. The number of rotatable bonds is 5. The predicted molar refractivity (Wildman–Crippen MR) is 125 cm³/mol. The SMILES string of the molecule is C=Cc1cc2n(c1/N=C(\N)Nc1ccc(N3CCNCC3)cn1)[C@@H](C(C)C)CNC2=O. The lowest BCUT2D eigenvalue weighted by atomic mass is 10.0. The number of fused-ring (bicyclic) bond motifs is 1. The number of pyridine rings is 1. The highest BCUT2D eigenvalue weighted by Crippen LogP contribution is 2.34. The van der Waals surface area contributed by atoms with Gasteiger partial charge in [-0.25, -0.2) is 4.98 Å². The topological polar surface area (TPSA) is 113 Å². The van der Waals surface area contributed by atoms with Gasteiger partial charge >= 0.3 is 0 Å². The lowest BCUT2D eigenvalue weighted by Gasteiger charge is -2.30. The zero-order chi connectivity index (χ0) is 22.0. The van der Waals surface area contributed by atoms with Gasteiger partial charge < -0.3 is 31.2 Å². The number of hydrogen-bond acceptors (Lipinski definition) is 5. The molecule has 2 aliphatic rings. The zero-order valence-corrected chi connectivity index (χ0v) is 18.1. The van der Waals surface area contributed by atoms with Crippen molar-refractivity contribution in [2.45, 2.75) is 19.9 Å². The quantitative estimate of drug-likeness (QED) is 0.433. The van der Waals surface area contributed by atoms with Crippen LogP contribution < -0.4 is 26.6 Å². The van der Waals surface area contributed by atoms with Crippen LogP contribution in [0.25, 0.3) is 6.08 Å². The lowest BCUT2D eigenvalue weighted by molar-refractivity contribution is 0.0906. The predicted octanol–water partition coefficient (Wildman–Crippen LogP) is 1.93. The average molecular weight is 423 g/mol. The summed E-state index contributed by atoms with van der Waals surface area (Å²) >= 11 is 0. The fourth-order valence-electron chi connectivity index (χ4n) is 4.07. The number of piperazine rings is 1. The molecule has 0 saturated carbocycles. The van der Waals surface area contributed by atoms with Gasteiger partial charge in [0.15, 0.2) is 0 Å². The van der Waals surface area contributed by atoms with E-state index >= 15 is 0 Å². The molecule has 9 nitrogen and oxygen atoms in total. The number of nitrogens with zero attached hydrogens (tertiary/aromatic N) is 4. The second-order valence-electron chi connectivity index (χ2n) is 8.16. The number of guanidine groups is 1. The Hall–Kier alpha value is -3.33. The first-order valence-corrected chi connectivity index (χ1v) is 10.7. The maximum Gasteiger partial charge on any atom is 0.268 e. The number of aliphatic imine (C=N–C) groups is 1. The molecule has 1 atom stereocenters. The van der Waals surface area contributed by atoms with Gasteiger partial charge in [0.1, 0.15) is 17.3 Å². The largest absolute Gasteiger partial charge is 0.369 e. The van der Waals surface area contributed by atoms with Gasteiger partial charge in [-0.1, -0.05) is 26.5 Å². The highest BCUT2D eigenvalue weighted by molar-refractivity contribution is 5.97. The van der Waals surface area contributed by atoms with Crippen LogP contribution in [-0.2, 0) is 0 Å². The molecule has 1 amide bonds. The molecule has 31 heavy (non-hydrogen) atoms. The van der Waals surface area contributed by atoms with Gasteiger partial charge in [-0.15, -0.1) is 0 Å². The zero-order valence-electron chi connectivity index (χ0n) is 18.1. The van der Waals surface area contributed by atoms with Crippen LogP contribution in [0, 0.1) is 5.92 Å². The number of carbonyl (C=O) groups excluding carboxylic acids is 1. The van der Waals surface area contributed by atoms with E-state index in [4.69, 9.17) is 5.73 Å². The molecule has 5 N–H and O–H groups in total. The molecule has 9 heteroatoms. The van der Waals surface area contributed by atoms with Crippen LogP contribution in [0.3, 0.4) is 0 Å². The molecule has 4 rings (SSSR count). The molecule has 0 radical (unpaired) electrons. The minimum atomic E-state index is -0.113. The monoisotopic (exact) mass is 422 g/mol. The maximum atomic E-state index is 12.4. The number of anilines is 2. The molecular weight excluding hydrogens is 392 g/mol. The van der Waals surface area contributed by atoms with E-state index in [2.05, 4.69) is 51.3 Å². The summed E-state index contributed by atoms with van der Waals surface area (Å²) < 4.78 is 1.97. The molecule has 2 aromatic rings. The number of amides is 1. The molecule has 0 unspecified atom stereocenters. The molecule has 0 spiro atoms. The van der Waals surface area contributed by atoms with Crippen molar-refractivity contribution in [3.8, 4) is 0 Å². The molecule has 1 fully saturated rings. The fourth-order valence-corrected chi connectivity index (χ4v) is 4.07. The summed E-state index contributed by atoms with van der Waals surface area (Å²) in [6.45, 7) is 12.6. The Morgan fingerprint density at radius 2 is 2.16 bits per heavy atom. The first kappa shape index (κ1) is 20.9. The average Bonchev–Trinajstić information content (AvgIpc) is 3.14. The summed E-state index contributed by atoms with van der Waals surface area (Å²) in [6.07, 6.45) is 3.54. The first-order valence-electron chi connectivity index (χ1n) is 10.7. The molecule has 4 heterocycles. The molecule has 0 aromatic carbocycles. The van der Waals surface area contributed by atoms with Crippen molar-refractivity contribution < 1.29 is 4.79 Å². The summed E-state index contributed by atoms with van der Waals surface area (Å²) in [5.74, 6) is 1.65. The van der Waals surface area contributed by atoms with E-state index in [9.17, 15) is 4.79 Å². The van der Waals surface area contributed by atoms with Crippen molar-refractivity contribution in [3.05, 3.63) is 42.2 Å². The molecule has 164 valence electrons. The summed E-state index contributed by atoms with van der Waals surface area (Å²) in [5, 5.41) is 9.36. The van der Waals surface area contributed by atoms with Crippen LogP contribution in [0.5, 0.6) is 0 Å². The Kier molecular flexibility index (Phi) is 5.94. The van der Waals surface area contributed by atoms with Crippen molar-refractivity contribution in [1.82, 2.24) is 20.2 Å². The summed E-state index contributed by atoms with van der Waals surface area (Å²) in [5.41, 5.74) is 8.65. The van der Waals surface area contributed by atoms with Crippen molar-refractivity contribution in [2.75, 3.05) is 42.9 Å². The molecule has 0 bridgehead atoms. The van der Waals surface area contributed by atoms with Crippen LogP contribution in [-0.4, -0.2) is 54.1 Å². The summed E-state index contributed by atoms with van der Waals surface area (Å²) in [7, 11) is 0. The lowest BCUT2D eigenvalue weighted by Crippen LogP contribution is -2.43. The van der Waals surface area contributed by atoms with E-state index < -0.39 is 0 Å². The molecule has 1 saturated heterocycles. The van der Waals surface area contributed by atoms with Crippen molar-refractivity contribution >= 4 is 35.3 Å². The Morgan fingerprint density at radius 1 is 1.39 bits per heavy atom. The number of carbonyl (C=O) groups is 1. The number of aromatic nitrogens is 2. The number of nitrogens with one attached hydrogen (secondary N) is 3. The highest BCUT2D eigenvalue weighted by Gasteiger charge is 2.31. The van der Waals surface area contributed by atoms with Crippen LogP contribution in [0.4, 0.5) is 17.3 Å². The van der Waals surface area contributed by atoms with Gasteiger partial charge in [0.2, 0.25) is 5.96 Å². The third-order valence-electron chi connectivity index (χ3n) is 5.78. The minimum Gasteiger partial charge on any atom is -0.369 e. The number of hydrogen-bond donors (Lipinski definition) is 4. The summed E-state index contributed by atoms with van der Waals surface area (Å²) in [6, 6.07) is 5.82. The Bertz CT molecular complexity index is 986. The molecular formula is C22H30N8O.